The Labute approximate surface area is 123 Å². The van der Waals surface area contributed by atoms with Gasteiger partial charge in [0, 0.05) is 19.3 Å². The van der Waals surface area contributed by atoms with Crippen LogP contribution in [0.5, 0.6) is 0 Å². The Hall–Kier alpha value is -1.09. The highest BCUT2D eigenvalue weighted by Gasteiger charge is 2.30. The van der Waals surface area contributed by atoms with Gasteiger partial charge in [0.05, 0.1) is 0 Å². The van der Waals surface area contributed by atoms with Gasteiger partial charge in [-0.1, -0.05) is 32.8 Å². The van der Waals surface area contributed by atoms with E-state index in [9.17, 15) is 0 Å². The fourth-order valence-corrected chi connectivity index (χ4v) is 3.20. The molecule has 0 spiro atoms. The molecule has 1 aliphatic heterocycles. The molecule has 1 fully saturated rings. The van der Waals surface area contributed by atoms with Crippen LogP contribution in [-0.4, -0.2) is 29.5 Å². The second kappa shape index (κ2) is 7.07. The second-order valence-corrected chi connectivity index (χ2v) is 6.07. The third kappa shape index (κ3) is 3.72. The lowest BCUT2D eigenvalue weighted by Gasteiger charge is -2.41. The van der Waals surface area contributed by atoms with Gasteiger partial charge in [0.1, 0.15) is 5.82 Å². The van der Waals surface area contributed by atoms with Crippen LogP contribution in [0.15, 0.2) is 18.3 Å². The molecule has 20 heavy (non-hydrogen) atoms. The summed E-state index contributed by atoms with van der Waals surface area (Å²) in [5, 5.41) is 3.24. The standard InChI is InChI=1S/C17H29N3/c1-4-17(5-2)9-11-20(12-10-17)14-15-7-8-16(18-6-3)19-13-15/h7-8,13H,4-6,9-12,14H2,1-3H3,(H,18,19). The predicted molar refractivity (Wildman–Crippen MR) is 85.9 cm³/mol. The molecular formula is C17H29N3. The molecule has 2 heterocycles. The summed E-state index contributed by atoms with van der Waals surface area (Å²) < 4.78 is 0. The van der Waals surface area contributed by atoms with Crippen LogP contribution in [0.25, 0.3) is 0 Å². The summed E-state index contributed by atoms with van der Waals surface area (Å²) in [5.41, 5.74) is 1.94. The van der Waals surface area contributed by atoms with Crippen LogP contribution in [-0.2, 0) is 6.54 Å². The van der Waals surface area contributed by atoms with Crippen molar-refractivity contribution < 1.29 is 0 Å². The molecule has 0 saturated carbocycles. The number of aromatic nitrogens is 1. The molecule has 112 valence electrons. The minimum absolute atomic E-state index is 0.615. The first-order valence-corrected chi connectivity index (χ1v) is 8.12. The fourth-order valence-electron chi connectivity index (χ4n) is 3.20. The zero-order chi connectivity index (χ0) is 14.4. The molecule has 1 saturated heterocycles. The molecule has 1 N–H and O–H groups in total. The Morgan fingerprint density at radius 2 is 1.85 bits per heavy atom. The first kappa shape index (κ1) is 15.3. The van der Waals surface area contributed by atoms with Gasteiger partial charge >= 0.3 is 0 Å². The highest BCUT2D eigenvalue weighted by molar-refractivity contribution is 5.35. The van der Waals surface area contributed by atoms with Gasteiger partial charge in [0.25, 0.3) is 0 Å². The highest BCUT2D eigenvalue weighted by Crippen LogP contribution is 2.38. The third-order valence-electron chi connectivity index (χ3n) is 5.01. The maximum atomic E-state index is 4.46. The number of nitrogens with zero attached hydrogens (tertiary/aromatic N) is 2. The van der Waals surface area contributed by atoms with Crippen molar-refractivity contribution in [2.75, 3.05) is 25.0 Å². The molecule has 0 radical (unpaired) electrons. The van der Waals surface area contributed by atoms with Crippen LogP contribution in [0.2, 0.25) is 0 Å². The number of nitrogens with one attached hydrogen (secondary N) is 1. The van der Waals surface area contributed by atoms with Gasteiger partial charge in [0.2, 0.25) is 0 Å². The average molecular weight is 275 g/mol. The molecule has 1 aromatic rings. The van der Waals surface area contributed by atoms with Crippen molar-refractivity contribution in [1.82, 2.24) is 9.88 Å². The number of piperidine rings is 1. The van der Waals surface area contributed by atoms with E-state index in [1.807, 2.05) is 6.20 Å². The lowest BCUT2D eigenvalue weighted by atomic mass is 9.74. The predicted octanol–water partition coefficient (Wildman–Crippen LogP) is 3.92. The number of likely N-dealkylation sites (tertiary alicyclic amines) is 1. The van der Waals surface area contributed by atoms with E-state index in [-0.39, 0.29) is 0 Å². The summed E-state index contributed by atoms with van der Waals surface area (Å²) in [5.74, 6) is 0.978. The van der Waals surface area contributed by atoms with Crippen molar-refractivity contribution in [3.8, 4) is 0 Å². The fraction of sp³-hybridized carbons (Fsp3) is 0.706. The molecule has 0 aliphatic carbocycles. The molecule has 0 bridgehead atoms. The summed E-state index contributed by atoms with van der Waals surface area (Å²) in [6.45, 7) is 11.2. The first-order chi connectivity index (χ1) is 9.71. The summed E-state index contributed by atoms with van der Waals surface area (Å²) in [7, 11) is 0. The van der Waals surface area contributed by atoms with Crippen LogP contribution < -0.4 is 5.32 Å². The maximum Gasteiger partial charge on any atom is 0.125 e. The Morgan fingerprint density at radius 3 is 2.35 bits per heavy atom. The highest BCUT2D eigenvalue weighted by atomic mass is 15.1. The molecule has 0 amide bonds. The lowest BCUT2D eigenvalue weighted by Crippen LogP contribution is -2.39. The number of rotatable bonds is 6. The molecule has 3 nitrogen and oxygen atoms in total. The van der Waals surface area contributed by atoms with Crippen molar-refractivity contribution in [2.24, 2.45) is 5.41 Å². The van der Waals surface area contributed by atoms with Gasteiger partial charge in [-0.2, -0.15) is 0 Å². The zero-order valence-corrected chi connectivity index (χ0v) is 13.3. The minimum atomic E-state index is 0.615. The van der Waals surface area contributed by atoms with E-state index in [2.05, 4.69) is 48.1 Å². The van der Waals surface area contributed by atoms with Gasteiger partial charge in [-0.05, 0) is 49.9 Å². The molecule has 0 aromatic carbocycles. The Bertz CT molecular complexity index is 385. The summed E-state index contributed by atoms with van der Waals surface area (Å²) in [4.78, 5) is 7.03. The van der Waals surface area contributed by atoms with E-state index in [0.717, 1.165) is 18.9 Å². The van der Waals surface area contributed by atoms with E-state index < -0.39 is 0 Å². The number of pyridine rings is 1. The molecule has 2 rings (SSSR count). The second-order valence-electron chi connectivity index (χ2n) is 6.07. The smallest absolute Gasteiger partial charge is 0.125 e. The van der Waals surface area contributed by atoms with Gasteiger partial charge in [-0.3, -0.25) is 4.90 Å². The van der Waals surface area contributed by atoms with Crippen molar-refractivity contribution in [3.05, 3.63) is 23.9 Å². The normalized spacial score (nSPS) is 18.9. The molecular weight excluding hydrogens is 246 g/mol. The van der Waals surface area contributed by atoms with E-state index >= 15 is 0 Å². The molecule has 0 unspecified atom stereocenters. The summed E-state index contributed by atoms with van der Waals surface area (Å²) in [6.07, 6.45) is 7.37. The van der Waals surface area contributed by atoms with Crippen LogP contribution in [0, 0.1) is 5.41 Å². The third-order valence-corrected chi connectivity index (χ3v) is 5.01. The first-order valence-electron chi connectivity index (χ1n) is 8.12. The average Bonchev–Trinajstić information content (AvgIpc) is 2.51. The van der Waals surface area contributed by atoms with Gasteiger partial charge in [-0.15, -0.1) is 0 Å². The van der Waals surface area contributed by atoms with E-state index in [1.54, 1.807) is 0 Å². The minimum Gasteiger partial charge on any atom is -0.370 e. The molecule has 1 aliphatic rings. The van der Waals surface area contributed by atoms with Crippen molar-refractivity contribution in [1.29, 1.82) is 0 Å². The molecule has 0 atom stereocenters. The number of anilines is 1. The van der Waals surface area contributed by atoms with Crippen molar-refractivity contribution >= 4 is 5.82 Å². The quantitative estimate of drug-likeness (QED) is 0.853. The van der Waals surface area contributed by atoms with Crippen LogP contribution >= 0.6 is 0 Å². The van der Waals surface area contributed by atoms with Gasteiger partial charge < -0.3 is 5.32 Å². The largest absolute Gasteiger partial charge is 0.370 e. The van der Waals surface area contributed by atoms with Gasteiger partial charge in [-0.25, -0.2) is 4.98 Å². The zero-order valence-electron chi connectivity index (χ0n) is 13.3. The molecule has 1 aromatic heterocycles. The van der Waals surface area contributed by atoms with E-state index in [0.29, 0.717) is 5.41 Å². The van der Waals surface area contributed by atoms with Crippen LogP contribution in [0.3, 0.4) is 0 Å². The summed E-state index contributed by atoms with van der Waals surface area (Å²) in [6, 6.07) is 4.29. The topological polar surface area (TPSA) is 28.2 Å². The lowest BCUT2D eigenvalue weighted by molar-refractivity contribution is 0.0908. The summed E-state index contributed by atoms with van der Waals surface area (Å²) >= 11 is 0. The maximum absolute atomic E-state index is 4.46. The van der Waals surface area contributed by atoms with Crippen LogP contribution in [0.4, 0.5) is 5.82 Å². The van der Waals surface area contributed by atoms with Crippen molar-refractivity contribution in [2.45, 2.75) is 53.0 Å². The number of hydrogen-bond donors (Lipinski definition) is 1. The van der Waals surface area contributed by atoms with Crippen LogP contribution in [0.1, 0.15) is 52.0 Å². The molecule has 3 heteroatoms. The Balaban J connectivity index is 1.86. The van der Waals surface area contributed by atoms with E-state index in [4.69, 9.17) is 0 Å². The Kier molecular flexibility index (Phi) is 5.41. The number of hydrogen-bond acceptors (Lipinski definition) is 3. The van der Waals surface area contributed by atoms with Crippen molar-refractivity contribution in [3.63, 3.8) is 0 Å². The van der Waals surface area contributed by atoms with E-state index in [1.165, 1.54) is 44.3 Å². The SMILES string of the molecule is CCNc1ccc(CN2CCC(CC)(CC)CC2)cn1. The monoisotopic (exact) mass is 275 g/mol. The Morgan fingerprint density at radius 1 is 1.15 bits per heavy atom. The van der Waals surface area contributed by atoms with Gasteiger partial charge in [0.15, 0.2) is 0 Å².